The first kappa shape index (κ1) is 21.7. The Hall–Kier alpha value is -1.34. The lowest BCUT2D eigenvalue weighted by Crippen LogP contribution is -2.49. The average Bonchev–Trinajstić information content (AvgIpc) is 2.58. The number of guanidine groups is 1. The third-order valence-corrected chi connectivity index (χ3v) is 4.17. The molecule has 1 rings (SSSR count). The summed E-state index contributed by atoms with van der Waals surface area (Å²) in [6.45, 7) is 10.4. The highest BCUT2D eigenvalue weighted by molar-refractivity contribution is 5.82. The Bertz CT molecular complexity index is 413. The topological polar surface area (TPSA) is 75.2 Å². The first-order valence-electron chi connectivity index (χ1n) is 9.23. The molecular formula is C18H36N4O3. The van der Waals surface area contributed by atoms with E-state index < -0.39 is 0 Å². The van der Waals surface area contributed by atoms with Crippen LogP contribution in [-0.4, -0.2) is 76.4 Å². The van der Waals surface area contributed by atoms with Crippen LogP contribution in [-0.2, 0) is 14.3 Å². The van der Waals surface area contributed by atoms with Crippen molar-refractivity contribution in [1.82, 2.24) is 15.5 Å². The van der Waals surface area contributed by atoms with Gasteiger partial charge in [-0.2, -0.15) is 0 Å². The number of nitrogens with one attached hydrogen (secondary N) is 2. The van der Waals surface area contributed by atoms with Crippen LogP contribution in [0.5, 0.6) is 0 Å². The van der Waals surface area contributed by atoms with E-state index >= 15 is 0 Å². The van der Waals surface area contributed by atoms with Crippen molar-refractivity contribution >= 4 is 11.9 Å². The van der Waals surface area contributed by atoms with Crippen LogP contribution in [0.25, 0.3) is 0 Å². The van der Waals surface area contributed by atoms with Crippen molar-refractivity contribution in [2.75, 3.05) is 53.6 Å². The number of rotatable bonds is 8. The van der Waals surface area contributed by atoms with Gasteiger partial charge in [0.05, 0.1) is 6.10 Å². The summed E-state index contributed by atoms with van der Waals surface area (Å²) in [5.74, 6) is 0.957. The molecule has 1 aliphatic rings. The third-order valence-electron chi connectivity index (χ3n) is 4.17. The van der Waals surface area contributed by atoms with Crippen molar-refractivity contribution in [1.29, 1.82) is 0 Å². The summed E-state index contributed by atoms with van der Waals surface area (Å²) in [4.78, 5) is 18.4. The van der Waals surface area contributed by atoms with Gasteiger partial charge in [0.2, 0.25) is 5.91 Å². The van der Waals surface area contributed by atoms with Crippen LogP contribution in [0.15, 0.2) is 4.99 Å². The van der Waals surface area contributed by atoms with E-state index in [2.05, 4.69) is 20.5 Å². The van der Waals surface area contributed by atoms with Crippen molar-refractivity contribution in [3.8, 4) is 0 Å². The van der Waals surface area contributed by atoms with Crippen molar-refractivity contribution in [3.05, 3.63) is 0 Å². The number of ether oxygens (including phenoxy) is 2. The molecule has 0 aromatic heterocycles. The molecule has 0 bridgehead atoms. The Morgan fingerprint density at radius 1 is 1.16 bits per heavy atom. The van der Waals surface area contributed by atoms with E-state index in [9.17, 15) is 4.79 Å². The molecule has 1 amide bonds. The number of carbonyl (C=O) groups excluding carboxylic acids is 1. The Labute approximate surface area is 152 Å². The Kier molecular flexibility index (Phi) is 9.82. The first-order chi connectivity index (χ1) is 11.9. The molecule has 1 fully saturated rings. The molecule has 7 heteroatoms. The maximum Gasteiger partial charge on any atom is 0.225 e. The standard InChI is InChI=1S/C18H36N4O3/c1-18(2,3)16(23)20-9-10-21-17(19-4)22-11-7-15(8-12-22)25-14-6-13-24-5/h15H,6-14H2,1-5H3,(H,19,21)(H,20,23). The molecule has 0 aromatic rings. The molecule has 2 N–H and O–H groups in total. The number of carbonyl (C=O) groups is 1. The number of piperidine rings is 1. The van der Waals surface area contributed by atoms with Gasteiger partial charge in [-0.25, -0.2) is 0 Å². The zero-order chi connectivity index (χ0) is 18.7. The van der Waals surface area contributed by atoms with Gasteiger partial charge in [-0.1, -0.05) is 20.8 Å². The van der Waals surface area contributed by atoms with Crippen LogP contribution < -0.4 is 10.6 Å². The molecule has 0 radical (unpaired) electrons. The number of methoxy groups -OCH3 is 1. The third kappa shape index (κ3) is 8.54. The van der Waals surface area contributed by atoms with Crippen LogP contribution in [0.3, 0.4) is 0 Å². The van der Waals surface area contributed by atoms with E-state index in [1.807, 2.05) is 20.8 Å². The summed E-state index contributed by atoms with van der Waals surface area (Å²) in [5, 5.41) is 6.26. The largest absolute Gasteiger partial charge is 0.385 e. The number of likely N-dealkylation sites (tertiary alicyclic amines) is 1. The monoisotopic (exact) mass is 356 g/mol. The lowest BCUT2D eigenvalue weighted by Gasteiger charge is -2.34. The highest BCUT2D eigenvalue weighted by Crippen LogP contribution is 2.14. The van der Waals surface area contributed by atoms with Crippen molar-refractivity contribution < 1.29 is 14.3 Å². The van der Waals surface area contributed by atoms with Crippen LogP contribution in [0.4, 0.5) is 0 Å². The summed E-state index contributed by atoms with van der Waals surface area (Å²) in [7, 11) is 3.51. The second-order valence-electron chi connectivity index (χ2n) is 7.38. The first-order valence-corrected chi connectivity index (χ1v) is 9.23. The summed E-state index contributed by atoms with van der Waals surface area (Å²) >= 11 is 0. The molecule has 146 valence electrons. The number of aliphatic imine (C=N–C) groups is 1. The predicted molar refractivity (Wildman–Crippen MR) is 101 cm³/mol. The molecule has 0 spiro atoms. The molecule has 1 saturated heterocycles. The van der Waals surface area contributed by atoms with Gasteiger partial charge in [-0.3, -0.25) is 9.79 Å². The smallest absolute Gasteiger partial charge is 0.225 e. The lowest BCUT2D eigenvalue weighted by atomic mass is 9.96. The Balaban J connectivity index is 2.22. The average molecular weight is 357 g/mol. The summed E-state index contributed by atoms with van der Waals surface area (Å²) in [5.41, 5.74) is -0.354. The van der Waals surface area contributed by atoms with Gasteiger partial charge in [0.15, 0.2) is 5.96 Å². The fourth-order valence-electron chi connectivity index (χ4n) is 2.64. The van der Waals surface area contributed by atoms with Gasteiger partial charge in [0, 0.05) is 59.0 Å². The van der Waals surface area contributed by atoms with E-state index in [1.54, 1.807) is 14.2 Å². The summed E-state index contributed by atoms with van der Waals surface area (Å²) < 4.78 is 10.9. The molecule has 0 saturated carbocycles. The van der Waals surface area contributed by atoms with Crippen LogP contribution in [0.1, 0.15) is 40.0 Å². The summed E-state index contributed by atoms with van der Waals surface area (Å²) in [6, 6.07) is 0. The lowest BCUT2D eigenvalue weighted by molar-refractivity contribution is -0.128. The van der Waals surface area contributed by atoms with E-state index in [0.717, 1.165) is 51.5 Å². The maximum atomic E-state index is 11.8. The Morgan fingerprint density at radius 3 is 2.36 bits per heavy atom. The summed E-state index contributed by atoms with van der Waals surface area (Å²) in [6.07, 6.45) is 3.29. The highest BCUT2D eigenvalue weighted by atomic mass is 16.5. The van der Waals surface area contributed by atoms with E-state index in [0.29, 0.717) is 19.2 Å². The highest BCUT2D eigenvalue weighted by Gasteiger charge is 2.22. The predicted octanol–water partition coefficient (Wildman–Crippen LogP) is 1.24. The quantitative estimate of drug-likeness (QED) is 0.389. The second kappa shape index (κ2) is 11.3. The van der Waals surface area contributed by atoms with Gasteiger partial charge in [-0.05, 0) is 19.3 Å². The molecule has 0 aromatic carbocycles. The SMILES string of the molecule is CN=C(NCCNC(=O)C(C)(C)C)N1CCC(OCCCOC)CC1. The van der Waals surface area contributed by atoms with E-state index in [-0.39, 0.29) is 11.3 Å². The number of nitrogens with zero attached hydrogens (tertiary/aromatic N) is 2. The minimum absolute atomic E-state index is 0.0655. The molecule has 1 heterocycles. The number of hydrogen-bond acceptors (Lipinski definition) is 4. The molecule has 0 aliphatic carbocycles. The van der Waals surface area contributed by atoms with Gasteiger partial charge in [0.1, 0.15) is 0 Å². The Morgan fingerprint density at radius 2 is 1.80 bits per heavy atom. The minimum Gasteiger partial charge on any atom is -0.385 e. The maximum absolute atomic E-state index is 11.8. The van der Waals surface area contributed by atoms with Crippen molar-refractivity contribution in [2.24, 2.45) is 10.4 Å². The van der Waals surface area contributed by atoms with Crippen molar-refractivity contribution in [3.63, 3.8) is 0 Å². The second-order valence-corrected chi connectivity index (χ2v) is 7.38. The van der Waals surface area contributed by atoms with E-state index in [4.69, 9.17) is 9.47 Å². The fraction of sp³-hybridized carbons (Fsp3) is 0.889. The van der Waals surface area contributed by atoms with Gasteiger partial charge >= 0.3 is 0 Å². The fourth-order valence-corrected chi connectivity index (χ4v) is 2.64. The van der Waals surface area contributed by atoms with E-state index in [1.165, 1.54) is 0 Å². The van der Waals surface area contributed by atoms with Crippen LogP contribution >= 0.6 is 0 Å². The molecule has 7 nitrogen and oxygen atoms in total. The molecule has 0 unspecified atom stereocenters. The molecule has 25 heavy (non-hydrogen) atoms. The van der Waals surface area contributed by atoms with Gasteiger partial charge < -0.3 is 25.0 Å². The normalized spacial score (nSPS) is 16.8. The molecular weight excluding hydrogens is 320 g/mol. The molecule has 1 aliphatic heterocycles. The van der Waals surface area contributed by atoms with Crippen LogP contribution in [0, 0.1) is 5.41 Å². The number of amides is 1. The van der Waals surface area contributed by atoms with Crippen molar-refractivity contribution in [2.45, 2.75) is 46.1 Å². The van der Waals surface area contributed by atoms with Crippen LogP contribution in [0.2, 0.25) is 0 Å². The van der Waals surface area contributed by atoms with Gasteiger partial charge in [0.25, 0.3) is 0 Å². The zero-order valence-corrected chi connectivity index (χ0v) is 16.6. The minimum atomic E-state index is -0.354. The van der Waals surface area contributed by atoms with Gasteiger partial charge in [-0.15, -0.1) is 0 Å². The number of hydrogen-bond donors (Lipinski definition) is 2. The molecule has 0 atom stereocenters. The zero-order valence-electron chi connectivity index (χ0n) is 16.6.